The fraction of sp³-hybridized carbons (Fsp3) is 0.524. The normalized spacial score (nSPS) is 17.0. The molecule has 1 fully saturated rings. The quantitative estimate of drug-likeness (QED) is 0.593. The van der Waals surface area contributed by atoms with E-state index in [-0.39, 0.29) is 25.3 Å². The van der Waals surface area contributed by atoms with Crippen LogP contribution in [0.2, 0.25) is 0 Å². The SMILES string of the molecule is Cc1cc(N2CCC(O)(CN(C)C(=O)CC[C@H](N)C(N)=O)CC2)c2cnccc2n1. The standard InChI is InChI=1S/C21H30N6O3/c1-14-11-18(15-12-24-8-5-17(15)25-14)27-9-6-21(30,7-10-27)13-26(2)19(28)4-3-16(22)20(23)29/h5,8,11-12,16,30H,3-4,6-7,9-10,13,22H2,1-2H3,(H2,23,29)/t16-/m0/s1. The third-order valence-corrected chi connectivity index (χ3v) is 5.74. The molecule has 0 unspecified atom stereocenters. The van der Waals surface area contributed by atoms with Gasteiger partial charge in [0.2, 0.25) is 11.8 Å². The minimum Gasteiger partial charge on any atom is -0.388 e. The largest absolute Gasteiger partial charge is 0.388 e. The first-order valence-corrected chi connectivity index (χ1v) is 10.2. The molecule has 2 aromatic rings. The highest BCUT2D eigenvalue weighted by atomic mass is 16.3. The second-order valence-corrected chi connectivity index (χ2v) is 8.18. The lowest BCUT2D eigenvalue weighted by molar-refractivity contribution is -0.134. The van der Waals surface area contributed by atoms with Gasteiger partial charge in [0.05, 0.1) is 17.2 Å². The number of aliphatic hydroxyl groups is 1. The molecular formula is C21H30N6O3. The Morgan fingerprint density at radius 1 is 1.37 bits per heavy atom. The van der Waals surface area contributed by atoms with Crippen molar-refractivity contribution in [3.63, 3.8) is 0 Å². The smallest absolute Gasteiger partial charge is 0.234 e. The molecule has 0 aliphatic carbocycles. The van der Waals surface area contributed by atoms with E-state index in [0.717, 1.165) is 22.3 Å². The molecule has 5 N–H and O–H groups in total. The van der Waals surface area contributed by atoms with Crippen molar-refractivity contribution in [2.75, 3.05) is 31.6 Å². The van der Waals surface area contributed by atoms with E-state index in [9.17, 15) is 14.7 Å². The van der Waals surface area contributed by atoms with Gasteiger partial charge in [-0.1, -0.05) is 0 Å². The number of amides is 2. The topological polar surface area (TPSA) is 139 Å². The van der Waals surface area contributed by atoms with Crippen molar-refractivity contribution in [1.82, 2.24) is 14.9 Å². The second kappa shape index (κ2) is 8.93. The molecule has 3 heterocycles. The number of primary amides is 1. The molecule has 162 valence electrons. The van der Waals surface area contributed by atoms with E-state index in [4.69, 9.17) is 11.5 Å². The molecule has 0 bridgehead atoms. The number of pyridine rings is 2. The van der Waals surface area contributed by atoms with Gasteiger partial charge in [-0.2, -0.15) is 0 Å². The Kier molecular flexibility index (Phi) is 6.52. The van der Waals surface area contributed by atoms with E-state index in [1.165, 1.54) is 4.90 Å². The van der Waals surface area contributed by atoms with Crippen LogP contribution in [-0.2, 0) is 9.59 Å². The van der Waals surface area contributed by atoms with Gasteiger partial charge in [0.15, 0.2) is 0 Å². The number of fused-ring (bicyclic) bond motifs is 1. The molecule has 0 radical (unpaired) electrons. The number of nitrogens with zero attached hydrogens (tertiary/aromatic N) is 4. The summed E-state index contributed by atoms with van der Waals surface area (Å²) in [5.74, 6) is -0.782. The lowest BCUT2D eigenvalue weighted by Crippen LogP contribution is -2.51. The van der Waals surface area contributed by atoms with E-state index in [1.54, 1.807) is 13.2 Å². The van der Waals surface area contributed by atoms with Gasteiger partial charge in [-0.15, -0.1) is 0 Å². The number of rotatable bonds is 7. The van der Waals surface area contributed by atoms with Crippen LogP contribution in [0.25, 0.3) is 10.9 Å². The summed E-state index contributed by atoms with van der Waals surface area (Å²) in [5, 5.41) is 12.0. The first-order chi connectivity index (χ1) is 14.2. The molecule has 0 saturated carbocycles. The number of piperidine rings is 1. The summed E-state index contributed by atoms with van der Waals surface area (Å²) in [6.07, 6.45) is 4.95. The molecule has 1 saturated heterocycles. The summed E-state index contributed by atoms with van der Waals surface area (Å²) in [5.41, 5.74) is 12.7. The molecule has 9 nitrogen and oxygen atoms in total. The van der Waals surface area contributed by atoms with Crippen molar-refractivity contribution in [1.29, 1.82) is 0 Å². The fourth-order valence-electron chi connectivity index (χ4n) is 3.91. The number of hydrogen-bond donors (Lipinski definition) is 3. The maximum absolute atomic E-state index is 12.3. The minimum absolute atomic E-state index is 0.123. The van der Waals surface area contributed by atoms with E-state index in [2.05, 4.69) is 14.9 Å². The monoisotopic (exact) mass is 414 g/mol. The number of nitrogens with two attached hydrogens (primary N) is 2. The number of aryl methyl sites for hydroxylation is 1. The van der Waals surface area contributed by atoms with Gasteiger partial charge in [-0.3, -0.25) is 19.6 Å². The first-order valence-electron chi connectivity index (χ1n) is 10.2. The summed E-state index contributed by atoms with van der Waals surface area (Å²) in [4.78, 5) is 35.9. The summed E-state index contributed by atoms with van der Waals surface area (Å²) >= 11 is 0. The lowest BCUT2D eigenvalue weighted by atomic mass is 9.90. The Morgan fingerprint density at radius 2 is 2.07 bits per heavy atom. The van der Waals surface area contributed by atoms with Crippen LogP contribution in [0.3, 0.4) is 0 Å². The van der Waals surface area contributed by atoms with E-state index < -0.39 is 17.6 Å². The van der Waals surface area contributed by atoms with Gasteiger partial charge >= 0.3 is 0 Å². The molecular weight excluding hydrogens is 384 g/mol. The molecule has 1 aliphatic rings. The van der Waals surface area contributed by atoms with Gasteiger partial charge in [0.1, 0.15) is 0 Å². The molecule has 2 aromatic heterocycles. The Hall–Kier alpha value is -2.78. The summed E-state index contributed by atoms with van der Waals surface area (Å²) < 4.78 is 0. The second-order valence-electron chi connectivity index (χ2n) is 8.18. The third kappa shape index (κ3) is 5.03. The lowest BCUT2D eigenvalue weighted by Gasteiger charge is -2.41. The summed E-state index contributed by atoms with van der Waals surface area (Å²) in [6, 6.07) is 3.12. The van der Waals surface area contributed by atoms with Gasteiger partial charge in [0.25, 0.3) is 0 Å². The minimum atomic E-state index is -0.956. The molecule has 3 rings (SSSR count). The average Bonchev–Trinajstić information content (AvgIpc) is 2.71. The predicted octanol–water partition coefficient (Wildman–Crippen LogP) is 0.321. The zero-order valence-corrected chi connectivity index (χ0v) is 17.5. The Labute approximate surface area is 176 Å². The Bertz CT molecular complexity index is 926. The molecule has 0 aromatic carbocycles. The average molecular weight is 415 g/mol. The fourth-order valence-corrected chi connectivity index (χ4v) is 3.91. The van der Waals surface area contributed by atoms with Crippen molar-refractivity contribution >= 4 is 28.4 Å². The van der Waals surface area contributed by atoms with Crippen molar-refractivity contribution in [2.45, 2.75) is 44.2 Å². The van der Waals surface area contributed by atoms with Crippen LogP contribution in [-0.4, -0.2) is 70.1 Å². The molecule has 0 spiro atoms. The Balaban J connectivity index is 1.61. The Morgan fingerprint density at radius 3 is 2.73 bits per heavy atom. The number of anilines is 1. The summed E-state index contributed by atoms with van der Waals surface area (Å²) in [7, 11) is 1.66. The number of carbonyl (C=O) groups excluding carboxylic acids is 2. The van der Waals surface area contributed by atoms with Crippen LogP contribution in [0.15, 0.2) is 24.5 Å². The van der Waals surface area contributed by atoms with Crippen LogP contribution >= 0.6 is 0 Å². The molecule has 30 heavy (non-hydrogen) atoms. The van der Waals surface area contributed by atoms with Gasteiger partial charge in [0, 0.05) is 62.3 Å². The van der Waals surface area contributed by atoms with Crippen molar-refractivity contribution < 1.29 is 14.7 Å². The maximum Gasteiger partial charge on any atom is 0.234 e. The van der Waals surface area contributed by atoms with Crippen LogP contribution in [0.5, 0.6) is 0 Å². The van der Waals surface area contributed by atoms with Crippen LogP contribution in [0.1, 0.15) is 31.4 Å². The molecule has 9 heteroatoms. The van der Waals surface area contributed by atoms with Crippen LogP contribution in [0, 0.1) is 6.92 Å². The van der Waals surface area contributed by atoms with Gasteiger partial charge in [-0.05, 0) is 38.3 Å². The molecule has 1 aliphatic heterocycles. The zero-order valence-electron chi connectivity index (χ0n) is 17.5. The maximum atomic E-state index is 12.3. The number of hydrogen-bond acceptors (Lipinski definition) is 7. The van der Waals surface area contributed by atoms with Crippen LogP contribution in [0.4, 0.5) is 5.69 Å². The first kappa shape index (κ1) is 21.9. The number of likely N-dealkylation sites (N-methyl/N-ethyl adjacent to an activating group) is 1. The molecule has 1 atom stereocenters. The number of aromatic nitrogens is 2. The highest BCUT2D eigenvalue weighted by Gasteiger charge is 2.35. The van der Waals surface area contributed by atoms with E-state index in [0.29, 0.717) is 25.9 Å². The zero-order chi connectivity index (χ0) is 21.9. The van der Waals surface area contributed by atoms with E-state index in [1.807, 2.05) is 25.3 Å². The highest BCUT2D eigenvalue weighted by Crippen LogP contribution is 2.31. The van der Waals surface area contributed by atoms with Gasteiger partial charge in [-0.25, -0.2) is 0 Å². The summed E-state index contributed by atoms with van der Waals surface area (Å²) in [6.45, 7) is 3.54. The van der Waals surface area contributed by atoms with Crippen LogP contribution < -0.4 is 16.4 Å². The van der Waals surface area contributed by atoms with E-state index >= 15 is 0 Å². The van der Waals surface area contributed by atoms with Crippen molar-refractivity contribution in [3.05, 3.63) is 30.2 Å². The third-order valence-electron chi connectivity index (χ3n) is 5.74. The van der Waals surface area contributed by atoms with Gasteiger partial charge < -0.3 is 26.4 Å². The highest BCUT2D eigenvalue weighted by molar-refractivity contribution is 5.91. The van der Waals surface area contributed by atoms with Crippen molar-refractivity contribution in [3.8, 4) is 0 Å². The van der Waals surface area contributed by atoms with Crippen molar-refractivity contribution in [2.24, 2.45) is 11.5 Å². The number of carbonyl (C=O) groups is 2. The predicted molar refractivity (Wildman–Crippen MR) is 115 cm³/mol. The molecule has 2 amide bonds.